The molecule has 1 saturated heterocycles. The number of hydrogen-bond acceptors (Lipinski definition) is 4. The number of likely N-dealkylation sites (tertiary alicyclic amines) is 1. The standard InChI is InChI=1S/C19H24N4O2/c1-25-17-4-2-3-14(11-17)5-8-18(24)22-10-9-16(12-22)23-13-20-21-19(23)15-6-7-15/h2-4,11,13,15-16H,5-10,12H2,1H3. The van der Waals surface area contributed by atoms with Crippen molar-refractivity contribution in [3.8, 4) is 5.75 Å². The van der Waals surface area contributed by atoms with Crippen molar-refractivity contribution in [2.24, 2.45) is 0 Å². The minimum atomic E-state index is 0.228. The molecule has 0 spiro atoms. The van der Waals surface area contributed by atoms with Crippen molar-refractivity contribution in [1.82, 2.24) is 19.7 Å². The second kappa shape index (κ2) is 6.86. The van der Waals surface area contributed by atoms with Crippen molar-refractivity contribution in [1.29, 1.82) is 0 Å². The van der Waals surface area contributed by atoms with Gasteiger partial charge in [0.25, 0.3) is 0 Å². The van der Waals surface area contributed by atoms with Crippen LogP contribution in [-0.2, 0) is 11.2 Å². The van der Waals surface area contributed by atoms with Crippen molar-refractivity contribution in [2.45, 2.75) is 44.1 Å². The molecule has 25 heavy (non-hydrogen) atoms. The van der Waals surface area contributed by atoms with Gasteiger partial charge in [0, 0.05) is 25.4 Å². The molecule has 132 valence electrons. The normalized spacial score (nSPS) is 20.0. The average molecular weight is 340 g/mol. The fraction of sp³-hybridized carbons (Fsp3) is 0.526. The highest BCUT2D eigenvalue weighted by Crippen LogP contribution is 2.40. The Labute approximate surface area is 147 Å². The lowest BCUT2D eigenvalue weighted by atomic mass is 10.1. The van der Waals surface area contributed by atoms with Gasteiger partial charge in [0.1, 0.15) is 17.9 Å². The summed E-state index contributed by atoms with van der Waals surface area (Å²) in [5.41, 5.74) is 1.14. The monoisotopic (exact) mass is 340 g/mol. The van der Waals surface area contributed by atoms with Gasteiger partial charge in [-0.25, -0.2) is 0 Å². The molecule has 0 radical (unpaired) electrons. The highest BCUT2D eigenvalue weighted by atomic mass is 16.5. The summed E-state index contributed by atoms with van der Waals surface area (Å²) in [5, 5.41) is 8.37. The fourth-order valence-corrected chi connectivity index (χ4v) is 3.60. The molecule has 1 unspecified atom stereocenters. The first-order chi connectivity index (χ1) is 12.2. The summed E-state index contributed by atoms with van der Waals surface area (Å²) >= 11 is 0. The zero-order chi connectivity index (χ0) is 17.2. The van der Waals surface area contributed by atoms with Gasteiger partial charge in [0.05, 0.1) is 13.2 Å². The number of carbonyl (C=O) groups is 1. The molecule has 4 rings (SSSR count). The number of benzene rings is 1. The third-order valence-corrected chi connectivity index (χ3v) is 5.21. The summed E-state index contributed by atoms with van der Waals surface area (Å²) in [4.78, 5) is 14.6. The minimum absolute atomic E-state index is 0.228. The highest BCUT2D eigenvalue weighted by molar-refractivity contribution is 5.76. The van der Waals surface area contributed by atoms with Crippen LogP contribution in [0.25, 0.3) is 0 Å². The molecular formula is C19H24N4O2. The van der Waals surface area contributed by atoms with Crippen LogP contribution in [0.2, 0.25) is 0 Å². The van der Waals surface area contributed by atoms with E-state index in [1.54, 1.807) is 7.11 Å². The van der Waals surface area contributed by atoms with E-state index in [1.807, 2.05) is 35.5 Å². The lowest BCUT2D eigenvalue weighted by molar-refractivity contribution is -0.130. The van der Waals surface area contributed by atoms with Crippen molar-refractivity contribution < 1.29 is 9.53 Å². The smallest absolute Gasteiger partial charge is 0.222 e. The van der Waals surface area contributed by atoms with Crippen molar-refractivity contribution >= 4 is 5.91 Å². The SMILES string of the molecule is COc1cccc(CCC(=O)N2CCC(n3cnnc3C3CC3)C2)c1. The van der Waals surface area contributed by atoms with Crippen LogP contribution in [0.15, 0.2) is 30.6 Å². The van der Waals surface area contributed by atoms with Crippen molar-refractivity contribution in [3.05, 3.63) is 42.0 Å². The summed E-state index contributed by atoms with van der Waals surface area (Å²) in [6.07, 6.45) is 6.54. The molecule has 2 aromatic rings. The minimum Gasteiger partial charge on any atom is -0.497 e. The number of ether oxygens (including phenoxy) is 1. The molecule has 1 aliphatic carbocycles. The van der Waals surface area contributed by atoms with E-state index in [-0.39, 0.29) is 5.91 Å². The zero-order valence-electron chi connectivity index (χ0n) is 14.6. The number of rotatable bonds is 6. The third-order valence-electron chi connectivity index (χ3n) is 5.21. The van der Waals surface area contributed by atoms with Gasteiger partial charge in [-0.15, -0.1) is 10.2 Å². The predicted octanol–water partition coefficient (Wildman–Crippen LogP) is 2.57. The topological polar surface area (TPSA) is 60.2 Å². The van der Waals surface area contributed by atoms with E-state index in [1.165, 1.54) is 12.8 Å². The summed E-state index contributed by atoms with van der Waals surface area (Å²) in [7, 11) is 1.66. The van der Waals surface area contributed by atoms with E-state index in [0.717, 1.165) is 43.1 Å². The maximum absolute atomic E-state index is 12.6. The first-order valence-electron chi connectivity index (χ1n) is 9.04. The second-order valence-corrected chi connectivity index (χ2v) is 7.00. The Balaban J connectivity index is 1.33. The van der Waals surface area contributed by atoms with Gasteiger partial charge < -0.3 is 14.2 Å². The summed E-state index contributed by atoms with van der Waals surface area (Å²) < 4.78 is 7.44. The predicted molar refractivity (Wildman–Crippen MR) is 93.5 cm³/mol. The Hall–Kier alpha value is -2.37. The van der Waals surface area contributed by atoms with Crippen molar-refractivity contribution in [2.75, 3.05) is 20.2 Å². The summed E-state index contributed by atoms with van der Waals surface area (Å²) in [6, 6.07) is 8.26. The van der Waals surface area contributed by atoms with E-state index in [2.05, 4.69) is 14.8 Å². The number of carbonyl (C=O) groups excluding carboxylic acids is 1. The summed E-state index contributed by atoms with van der Waals surface area (Å²) in [5.74, 6) is 2.76. The molecule has 1 aromatic carbocycles. The van der Waals surface area contributed by atoms with Crippen molar-refractivity contribution in [3.63, 3.8) is 0 Å². The quantitative estimate of drug-likeness (QED) is 0.811. The number of aromatic nitrogens is 3. The van der Waals surface area contributed by atoms with E-state index in [4.69, 9.17) is 4.74 Å². The van der Waals surface area contributed by atoms with Gasteiger partial charge in [0.2, 0.25) is 5.91 Å². The Kier molecular flexibility index (Phi) is 4.42. The molecule has 2 fully saturated rings. The van der Waals surface area contributed by atoms with Gasteiger partial charge in [-0.2, -0.15) is 0 Å². The Morgan fingerprint density at radius 3 is 3.00 bits per heavy atom. The van der Waals surface area contributed by atoms with Gasteiger partial charge in [-0.3, -0.25) is 4.79 Å². The third kappa shape index (κ3) is 3.52. The van der Waals surface area contributed by atoms with Gasteiger partial charge >= 0.3 is 0 Å². The fourth-order valence-electron chi connectivity index (χ4n) is 3.60. The molecule has 6 heteroatoms. The van der Waals surface area contributed by atoms with Crippen LogP contribution in [0.4, 0.5) is 0 Å². The molecule has 6 nitrogen and oxygen atoms in total. The number of hydrogen-bond donors (Lipinski definition) is 0. The number of amides is 1. The maximum Gasteiger partial charge on any atom is 0.222 e. The Morgan fingerprint density at radius 1 is 1.32 bits per heavy atom. The van der Waals surface area contributed by atoms with E-state index < -0.39 is 0 Å². The lowest BCUT2D eigenvalue weighted by Gasteiger charge is -2.18. The molecule has 1 amide bonds. The molecule has 0 bridgehead atoms. The number of aryl methyl sites for hydroxylation is 1. The molecule has 2 heterocycles. The lowest BCUT2D eigenvalue weighted by Crippen LogP contribution is -2.29. The molecule has 1 saturated carbocycles. The Morgan fingerprint density at radius 2 is 2.20 bits per heavy atom. The van der Waals surface area contributed by atoms with Crippen LogP contribution in [-0.4, -0.2) is 45.8 Å². The largest absolute Gasteiger partial charge is 0.497 e. The van der Waals surface area contributed by atoms with Gasteiger partial charge in [-0.1, -0.05) is 12.1 Å². The summed E-state index contributed by atoms with van der Waals surface area (Å²) in [6.45, 7) is 1.60. The molecular weight excluding hydrogens is 316 g/mol. The number of methoxy groups -OCH3 is 1. The van der Waals surface area contributed by atoms with Crippen LogP contribution < -0.4 is 4.74 Å². The molecule has 1 aliphatic heterocycles. The van der Waals surface area contributed by atoms with Gasteiger partial charge in [-0.05, 0) is 43.4 Å². The van der Waals surface area contributed by atoms with E-state index in [0.29, 0.717) is 18.4 Å². The van der Waals surface area contributed by atoms with Crippen LogP contribution >= 0.6 is 0 Å². The second-order valence-electron chi connectivity index (χ2n) is 7.00. The Bertz CT molecular complexity index is 753. The zero-order valence-corrected chi connectivity index (χ0v) is 14.6. The highest BCUT2D eigenvalue weighted by Gasteiger charge is 2.33. The van der Waals surface area contributed by atoms with Crippen LogP contribution in [0.1, 0.15) is 49.0 Å². The maximum atomic E-state index is 12.6. The number of nitrogens with zero attached hydrogens (tertiary/aromatic N) is 4. The molecule has 2 aliphatic rings. The van der Waals surface area contributed by atoms with E-state index in [9.17, 15) is 4.79 Å². The molecule has 1 atom stereocenters. The molecule has 1 aromatic heterocycles. The van der Waals surface area contributed by atoms with Crippen LogP contribution in [0.5, 0.6) is 5.75 Å². The van der Waals surface area contributed by atoms with Gasteiger partial charge in [0.15, 0.2) is 0 Å². The van der Waals surface area contributed by atoms with Crippen LogP contribution in [0.3, 0.4) is 0 Å². The molecule has 0 N–H and O–H groups in total. The first-order valence-corrected chi connectivity index (χ1v) is 9.04. The van der Waals surface area contributed by atoms with Crippen LogP contribution in [0, 0.1) is 0 Å². The van der Waals surface area contributed by atoms with E-state index >= 15 is 0 Å². The first kappa shape index (κ1) is 16.1. The average Bonchev–Trinajstić information content (AvgIpc) is 3.17.